The number of piperidine rings is 1. The van der Waals surface area contributed by atoms with Crippen molar-refractivity contribution in [1.82, 2.24) is 4.90 Å². The van der Waals surface area contributed by atoms with E-state index in [4.69, 9.17) is 27.9 Å². The zero-order chi connectivity index (χ0) is 20.6. The summed E-state index contributed by atoms with van der Waals surface area (Å²) in [6.07, 6.45) is 2.82. The molecule has 2 heterocycles. The number of likely N-dealkylation sites (tertiary alicyclic amines) is 1. The van der Waals surface area contributed by atoms with Gasteiger partial charge in [0.1, 0.15) is 11.4 Å². The van der Waals surface area contributed by atoms with Crippen molar-refractivity contribution < 1.29 is 14.3 Å². The fourth-order valence-corrected chi connectivity index (χ4v) is 4.61. The number of Topliss-reactive ketones (excluding diaryl/α,β-unsaturated/α-hetero) is 1. The number of benzene rings is 2. The summed E-state index contributed by atoms with van der Waals surface area (Å²) in [6.45, 7) is 3.12. The largest absolute Gasteiger partial charge is 0.486 e. The second kappa shape index (κ2) is 8.00. The van der Waals surface area contributed by atoms with Crippen molar-refractivity contribution in [2.75, 3.05) is 13.1 Å². The monoisotopic (exact) mass is 431 g/mol. The number of halogens is 2. The molecule has 2 aromatic carbocycles. The van der Waals surface area contributed by atoms with Gasteiger partial charge >= 0.3 is 0 Å². The topological polar surface area (TPSA) is 46.6 Å². The van der Waals surface area contributed by atoms with Crippen LogP contribution in [0, 0.1) is 6.92 Å². The minimum absolute atomic E-state index is 0.0689. The molecule has 0 bridgehead atoms. The molecule has 4 rings (SSSR count). The van der Waals surface area contributed by atoms with Crippen LogP contribution in [0.3, 0.4) is 0 Å². The number of fused-ring (bicyclic) bond motifs is 1. The van der Waals surface area contributed by atoms with Crippen LogP contribution in [0.1, 0.15) is 47.2 Å². The third-order valence-electron chi connectivity index (χ3n) is 5.91. The first-order valence-electron chi connectivity index (χ1n) is 9.90. The SMILES string of the molecule is Cc1cc(Cl)cc2c1OC1(CCN(C(=O)CCc3ccc(Cl)cc3)CC1)CC2=O. The number of nitrogens with zero attached hydrogens (tertiary/aromatic N) is 1. The number of rotatable bonds is 3. The van der Waals surface area contributed by atoms with E-state index in [1.807, 2.05) is 42.2 Å². The minimum atomic E-state index is -0.518. The Hall–Kier alpha value is -2.04. The van der Waals surface area contributed by atoms with E-state index < -0.39 is 5.60 Å². The van der Waals surface area contributed by atoms with Gasteiger partial charge in [-0.15, -0.1) is 0 Å². The summed E-state index contributed by atoms with van der Waals surface area (Å²) in [4.78, 5) is 27.3. The van der Waals surface area contributed by atoms with Crippen molar-refractivity contribution in [3.63, 3.8) is 0 Å². The Labute approximate surface area is 180 Å². The Morgan fingerprint density at radius 3 is 2.48 bits per heavy atom. The van der Waals surface area contributed by atoms with E-state index in [1.54, 1.807) is 6.07 Å². The fraction of sp³-hybridized carbons (Fsp3) is 0.391. The molecule has 6 heteroatoms. The lowest BCUT2D eigenvalue weighted by molar-refractivity contribution is -0.134. The third-order valence-corrected chi connectivity index (χ3v) is 6.38. The highest BCUT2D eigenvalue weighted by atomic mass is 35.5. The predicted octanol–water partition coefficient (Wildman–Crippen LogP) is 5.26. The standard InChI is InChI=1S/C23H23Cl2NO3/c1-15-12-18(25)13-19-20(27)14-23(29-22(15)19)8-10-26(11-9-23)21(28)7-4-16-2-5-17(24)6-3-16/h2-3,5-6,12-13H,4,7-11,14H2,1H3. The maximum absolute atomic E-state index is 12.7. The molecule has 0 N–H and O–H groups in total. The summed E-state index contributed by atoms with van der Waals surface area (Å²) in [6, 6.07) is 11.1. The quantitative estimate of drug-likeness (QED) is 0.665. The molecule has 1 amide bonds. The van der Waals surface area contributed by atoms with Crippen molar-refractivity contribution in [3.05, 3.63) is 63.1 Å². The van der Waals surface area contributed by atoms with Crippen molar-refractivity contribution in [3.8, 4) is 5.75 Å². The van der Waals surface area contributed by atoms with Gasteiger partial charge in [-0.2, -0.15) is 0 Å². The van der Waals surface area contributed by atoms with Crippen LogP contribution in [0.4, 0.5) is 0 Å². The lowest BCUT2D eigenvalue weighted by atomic mass is 9.82. The van der Waals surface area contributed by atoms with Gasteiger partial charge in [-0.25, -0.2) is 0 Å². The van der Waals surface area contributed by atoms with Crippen LogP contribution in [0.15, 0.2) is 36.4 Å². The molecular weight excluding hydrogens is 409 g/mol. The maximum atomic E-state index is 12.7. The number of ether oxygens (including phenoxy) is 1. The van der Waals surface area contributed by atoms with Gasteiger partial charge in [0.05, 0.1) is 12.0 Å². The zero-order valence-electron chi connectivity index (χ0n) is 16.3. The lowest BCUT2D eigenvalue weighted by Crippen LogP contribution is -2.52. The molecule has 152 valence electrons. The average molecular weight is 432 g/mol. The molecule has 1 saturated heterocycles. The Kier molecular flexibility index (Phi) is 5.58. The Bertz CT molecular complexity index is 947. The molecule has 0 aromatic heterocycles. The number of carbonyl (C=O) groups is 2. The van der Waals surface area contributed by atoms with Crippen LogP contribution >= 0.6 is 23.2 Å². The van der Waals surface area contributed by atoms with Gasteiger partial charge in [-0.3, -0.25) is 9.59 Å². The van der Waals surface area contributed by atoms with E-state index in [2.05, 4.69) is 0 Å². The lowest BCUT2D eigenvalue weighted by Gasteiger charge is -2.44. The number of ketones is 1. The molecule has 0 atom stereocenters. The van der Waals surface area contributed by atoms with Crippen molar-refractivity contribution >= 4 is 34.9 Å². The summed E-state index contributed by atoms with van der Waals surface area (Å²) in [7, 11) is 0. The number of hydrogen-bond donors (Lipinski definition) is 0. The second-order valence-corrected chi connectivity index (χ2v) is 8.86. The summed E-state index contributed by atoms with van der Waals surface area (Å²) < 4.78 is 6.36. The van der Waals surface area contributed by atoms with E-state index in [0.717, 1.165) is 11.1 Å². The molecule has 2 aliphatic rings. The Balaban J connectivity index is 1.38. The maximum Gasteiger partial charge on any atom is 0.222 e. The van der Waals surface area contributed by atoms with Crippen molar-refractivity contribution in [2.24, 2.45) is 0 Å². The molecule has 0 unspecified atom stereocenters. The normalized spacial score (nSPS) is 17.8. The van der Waals surface area contributed by atoms with Crippen LogP contribution in [0.25, 0.3) is 0 Å². The van der Waals surface area contributed by atoms with Gasteiger partial charge in [0.25, 0.3) is 0 Å². The first kappa shape index (κ1) is 20.2. The first-order chi connectivity index (χ1) is 13.8. The zero-order valence-corrected chi connectivity index (χ0v) is 17.9. The molecule has 4 nitrogen and oxygen atoms in total. The van der Waals surface area contributed by atoms with E-state index >= 15 is 0 Å². The number of hydrogen-bond acceptors (Lipinski definition) is 3. The molecule has 0 saturated carbocycles. The van der Waals surface area contributed by atoms with E-state index in [0.29, 0.717) is 66.6 Å². The van der Waals surface area contributed by atoms with Gasteiger partial charge in [0.2, 0.25) is 5.91 Å². The molecule has 0 radical (unpaired) electrons. The number of amides is 1. The molecule has 29 heavy (non-hydrogen) atoms. The predicted molar refractivity (Wildman–Crippen MR) is 114 cm³/mol. The van der Waals surface area contributed by atoms with Gasteiger partial charge in [-0.05, 0) is 48.7 Å². The van der Waals surface area contributed by atoms with Crippen LogP contribution in [-0.2, 0) is 11.2 Å². The van der Waals surface area contributed by atoms with Crippen LogP contribution in [0.2, 0.25) is 10.0 Å². The minimum Gasteiger partial charge on any atom is -0.486 e. The third kappa shape index (κ3) is 4.29. The fourth-order valence-electron chi connectivity index (χ4n) is 4.22. The summed E-state index contributed by atoms with van der Waals surface area (Å²) >= 11 is 12.0. The molecule has 0 aliphatic carbocycles. The second-order valence-electron chi connectivity index (χ2n) is 7.99. The van der Waals surface area contributed by atoms with Crippen molar-refractivity contribution in [2.45, 2.75) is 44.6 Å². The van der Waals surface area contributed by atoms with Gasteiger partial charge in [0, 0.05) is 42.4 Å². The van der Waals surface area contributed by atoms with Crippen molar-refractivity contribution in [1.29, 1.82) is 0 Å². The van der Waals surface area contributed by atoms with Crippen LogP contribution in [-0.4, -0.2) is 35.3 Å². The summed E-state index contributed by atoms with van der Waals surface area (Å²) in [5.74, 6) is 0.854. The van der Waals surface area contributed by atoms with E-state index in [9.17, 15) is 9.59 Å². The van der Waals surface area contributed by atoms with E-state index in [1.165, 1.54) is 0 Å². The van der Waals surface area contributed by atoms with Gasteiger partial charge in [0.15, 0.2) is 5.78 Å². The molecule has 1 spiro atoms. The van der Waals surface area contributed by atoms with Crippen LogP contribution < -0.4 is 4.74 Å². The molecular formula is C23H23Cl2NO3. The Morgan fingerprint density at radius 2 is 1.79 bits per heavy atom. The highest BCUT2D eigenvalue weighted by Gasteiger charge is 2.44. The first-order valence-corrected chi connectivity index (χ1v) is 10.7. The highest BCUT2D eigenvalue weighted by molar-refractivity contribution is 6.31. The molecule has 2 aromatic rings. The Morgan fingerprint density at radius 1 is 1.10 bits per heavy atom. The summed E-state index contributed by atoms with van der Waals surface area (Å²) in [5.41, 5.74) is 2.03. The van der Waals surface area contributed by atoms with Gasteiger partial charge in [-0.1, -0.05) is 35.3 Å². The highest BCUT2D eigenvalue weighted by Crippen LogP contribution is 2.42. The van der Waals surface area contributed by atoms with E-state index in [-0.39, 0.29) is 11.7 Å². The summed E-state index contributed by atoms with van der Waals surface area (Å²) in [5, 5.41) is 1.25. The average Bonchev–Trinajstić information content (AvgIpc) is 2.69. The number of carbonyl (C=O) groups excluding carboxylic acids is 2. The van der Waals surface area contributed by atoms with Gasteiger partial charge < -0.3 is 9.64 Å². The number of aryl methyl sites for hydroxylation is 2. The molecule has 1 fully saturated rings. The van der Waals surface area contributed by atoms with Crippen LogP contribution in [0.5, 0.6) is 5.75 Å². The molecule has 2 aliphatic heterocycles. The smallest absolute Gasteiger partial charge is 0.222 e.